The molecule has 0 amide bonds. The molecule has 1 aromatic heterocycles. The Morgan fingerprint density at radius 1 is 0.864 bits per heavy atom. The number of hydrogen-bond donors (Lipinski definition) is 2. The smallest absolute Gasteiger partial charge is 0.336 e. The fourth-order valence-electron chi connectivity index (χ4n) is 7.66. The molecule has 1 heterocycles. The Morgan fingerprint density at radius 3 is 2.34 bits per heavy atom. The number of fused-ring (bicyclic) bond motifs is 1. The standard InChI is InChI=1S/C48H61N3O7S/c1-5-8-10-13-19-42(50-51-48-49-45-33(4)17-16-20-43(45)59-48)41-32-37(58-47(55)35-23-21-34(22-24-35)18-9-6-2)26-27-38(41)40-31-36(25-28-39(40)46(53)54)56-29-14-11-12-15-30-57-44(52)7-3/h7,16-17,20,25-28,31-32,34-35H,3,5-6,8-15,18-19,21-24,29-30H2,1-2,4H3,(H,49,51)(H,53,54). The maximum atomic E-state index is 13.6. The molecular weight excluding hydrogens is 763 g/mol. The van der Waals surface area contributed by atoms with Crippen LogP contribution >= 0.6 is 11.3 Å². The van der Waals surface area contributed by atoms with Crippen molar-refractivity contribution in [2.75, 3.05) is 18.6 Å². The fourth-order valence-corrected chi connectivity index (χ4v) is 8.55. The molecule has 1 fully saturated rings. The van der Waals surface area contributed by atoms with Gasteiger partial charge in [-0.2, -0.15) is 5.10 Å². The highest BCUT2D eigenvalue weighted by Crippen LogP contribution is 2.37. The van der Waals surface area contributed by atoms with Crippen LogP contribution in [0.1, 0.15) is 138 Å². The zero-order chi connectivity index (χ0) is 42.0. The Kier molecular flexibility index (Phi) is 18.0. The van der Waals surface area contributed by atoms with E-state index in [1.807, 2.05) is 37.3 Å². The van der Waals surface area contributed by atoms with Gasteiger partial charge in [-0.15, -0.1) is 0 Å². The van der Waals surface area contributed by atoms with Crippen molar-refractivity contribution in [1.29, 1.82) is 0 Å². The number of rotatable bonds is 24. The summed E-state index contributed by atoms with van der Waals surface area (Å²) in [6.45, 7) is 10.6. The predicted molar refractivity (Wildman–Crippen MR) is 238 cm³/mol. The van der Waals surface area contributed by atoms with E-state index >= 15 is 0 Å². The number of thiazole rings is 1. The van der Waals surface area contributed by atoms with Crippen LogP contribution in [0.15, 0.2) is 72.4 Å². The first-order valence-electron chi connectivity index (χ1n) is 21.5. The summed E-state index contributed by atoms with van der Waals surface area (Å²) >= 11 is 1.52. The third-order valence-corrected chi connectivity index (χ3v) is 12.0. The van der Waals surface area contributed by atoms with Crippen molar-refractivity contribution in [3.8, 4) is 22.6 Å². The highest BCUT2D eigenvalue weighted by molar-refractivity contribution is 7.22. The average molecular weight is 824 g/mol. The van der Waals surface area contributed by atoms with E-state index in [4.69, 9.17) is 24.3 Å². The summed E-state index contributed by atoms with van der Waals surface area (Å²) in [6.07, 6.45) is 16.4. The molecule has 3 aromatic carbocycles. The summed E-state index contributed by atoms with van der Waals surface area (Å²) in [5.74, 6) is -0.230. The van der Waals surface area contributed by atoms with Crippen LogP contribution in [0, 0.1) is 18.8 Å². The number of hydrazone groups is 1. The third kappa shape index (κ3) is 13.5. The first-order chi connectivity index (χ1) is 28.7. The van der Waals surface area contributed by atoms with E-state index in [9.17, 15) is 19.5 Å². The highest BCUT2D eigenvalue weighted by Gasteiger charge is 2.28. The van der Waals surface area contributed by atoms with Crippen LogP contribution in [-0.2, 0) is 14.3 Å². The lowest BCUT2D eigenvalue weighted by molar-refractivity contribution is -0.140. The molecule has 1 aliphatic rings. The minimum Gasteiger partial charge on any atom is -0.494 e. The largest absolute Gasteiger partial charge is 0.494 e. The van der Waals surface area contributed by atoms with Crippen molar-refractivity contribution in [3.63, 3.8) is 0 Å². The van der Waals surface area contributed by atoms with Gasteiger partial charge in [0.2, 0.25) is 5.13 Å². The van der Waals surface area contributed by atoms with Crippen LogP contribution in [0.3, 0.4) is 0 Å². The Balaban J connectivity index is 1.45. The quantitative estimate of drug-likeness (QED) is 0.0177. The van der Waals surface area contributed by atoms with E-state index in [2.05, 4.69) is 25.9 Å². The van der Waals surface area contributed by atoms with Crippen molar-refractivity contribution in [1.82, 2.24) is 4.98 Å². The number of aryl methyl sites for hydroxylation is 1. The number of carboxylic acids is 1. The SMILES string of the molecule is C=CC(=O)OCCCCCCOc1ccc(C(=O)O)c(-c2ccc(OC(=O)C3CCC(CCCC)CC3)cc2C(CCCCCC)=NNc2nc3c(C)cccc3s2)c1. The number of para-hydroxylation sites is 1. The summed E-state index contributed by atoms with van der Waals surface area (Å²) in [5.41, 5.74) is 7.88. The second kappa shape index (κ2) is 23.5. The predicted octanol–water partition coefficient (Wildman–Crippen LogP) is 12.3. The van der Waals surface area contributed by atoms with Crippen LogP contribution in [-0.4, -0.2) is 46.9 Å². The number of benzene rings is 3. The third-order valence-electron chi connectivity index (χ3n) is 11.1. The molecule has 0 atom stereocenters. The number of carboxylic acid groups (broad SMARTS) is 1. The molecular formula is C48H61N3O7S. The second-order valence-corrected chi connectivity index (χ2v) is 16.6. The van der Waals surface area contributed by atoms with Gasteiger partial charge in [0, 0.05) is 17.2 Å². The summed E-state index contributed by atoms with van der Waals surface area (Å²) in [4.78, 5) is 42.5. The van der Waals surface area contributed by atoms with E-state index in [1.54, 1.807) is 24.3 Å². The molecule has 2 N–H and O–H groups in total. The van der Waals surface area contributed by atoms with Crippen molar-refractivity contribution in [3.05, 3.63) is 83.9 Å². The number of aromatic carboxylic acids is 1. The van der Waals surface area contributed by atoms with Gasteiger partial charge in [0.25, 0.3) is 0 Å². The van der Waals surface area contributed by atoms with Crippen LogP contribution in [0.4, 0.5) is 5.13 Å². The van der Waals surface area contributed by atoms with Gasteiger partial charge in [-0.1, -0.05) is 82.4 Å². The molecule has 11 heteroatoms. The molecule has 1 aliphatic carbocycles. The minimum absolute atomic E-state index is 0.122. The topological polar surface area (TPSA) is 136 Å². The number of aromatic nitrogens is 1. The number of esters is 2. The monoisotopic (exact) mass is 823 g/mol. The Morgan fingerprint density at radius 2 is 1.61 bits per heavy atom. The van der Waals surface area contributed by atoms with Gasteiger partial charge >= 0.3 is 17.9 Å². The maximum Gasteiger partial charge on any atom is 0.336 e. The van der Waals surface area contributed by atoms with Crippen LogP contribution in [0.5, 0.6) is 11.5 Å². The van der Waals surface area contributed by atoms with Gasteiger partial charge in [-0.05, 0) is 131 Å². The molecule has 0 saturated heterocycles. The minimum atomic E-state index is -1.07. The second-order valence-electron chi connectivity index (χ2n) is 15.6. The molecule has 1 saturated carbocycles. The molecule has 0 bridgehead atoms. The van der Waals surface area contributed by atoms with Crippen LogP contribution in [0.25, 0.3) is 21.3 Å². The van der Waals surface area contributed by atoms with Gasteiger partial charge in [0.15, 0.2) is 0 Å². The summed E-state index contributed by atoms with van der Waals surface area (Å²) in [7, 11) is 0. The first kappa shape index (κ1) is 45.1. The molecule has 0 spiro atoms. The van der Waals surface area contributed by atoms with Gasteiger partial charge in [0.1, 0.15) is 11.5 Å². The number of hydrogen-bond acceptors (Lipinski definition) is 10. The normalized spacial score (nSPS) is 15.5. The number of nitrogens with zero attached hydrogens (tertiary/aromatic N) is 2. The number of unbranched alkanes of at least 4 members (excludes halogenated alkanes) is 7. The number of carbonyl (C=O) groups is 3. The lowest BCUT2D eigenvalue weighted by Gasteiger charge is -2.27. The lowest BCUT2D eigenvalue weighted by Crippen LogP contribution is -2.25. The van der Waals surface area contributed by atoms with E-state index in [1.165, 1.54) is 30.6 Å². The highest BCUT2D eigenvalue weighted by atomic mass is 32.1. The number of ether oxygens (including phenoxy) is 3. The molecule has 0 aliphatic heterocycles. The van der Waals surface area contributed by atoms with Gasteiger partial charge in [0.05, 0.1) is 40.6 Å². The van der Waals surface area contributed by atoms with E-state index in [0.717, 1.165) is 98.9 Å². The van der Waals surface area contributed by atoms with Gasteiger partial charge in [-0.25, -0.2) is 14.6 Å². The Hall–Kier alpha value is -5.03. The molecule has 316 valence electrons. The van der Waals surface area contributed by atoms with Crippen molar-refractivity contribution in [2.24, 2.45) is 16.9 Å². The van der Waals surface area contributed by atoms with Crippen LogP contribution < -0.4 is 14.9 Å². The number of carbonyl (C=O) groups excluding carboxylic acids is 2. The summed E-state index contributed by atoms with van der Waals surface area (Å²) in [5, 5.41) is 16.1. The number of nitrogens with one attached hydrogen (secondary N) is 1. The van der Waals surface area contributed by atoms with Crippen LogP contribution in [0.2, 0.25) is 0 Å². The van der Waals surface area contributed by atoms with Crippen molar-refractivity contribution in [2.45, 2.75) is 124 Å². The number of anilines is 1. The van der Waals surface area contributed by atoms with Crippen molar-refractivity contribution < 1.29 is 33.7 Å². The van der Waals surface area contributed by atoms with E-state index in [0.29, 0.717) is 64.6 Å². The average Bonchev–Trinajstić information content (AvgIpc) is 3.68. The van der Waals surface area contributed by atoms with Gasteiger partial charge < -0.3 is 19.3 Å². The lowest BCUT2D eigenvalue weighted by atomic mass is 9.80. The van der Waals surface area contributed by atoms with Gasteiger partial charge in [-0.3, -0.25) is 10.2 Å². The maximum absolute atomic E-state index is 13.6. The zero-order valence-corrected chi connectivity index (χ0v) is 35.9. The zero-order valence-electron chi connectivity index (χ0n) is 35.1. The van der Waals surface area contributed by atoms with E-state index in [-0.39, 0.29) is 17.5 Å². The summed E-state index contributed by atoms with van der Waals surface area (Å²) < 4.78 is 18.4. The first-order valence-corrected chi connectivity index (χ1v) is 22.4. The molecule has 5 rings (SSSR count). The summed E-state index contributed by atoms with van der Waals surface area (Å²) in [6, 6.07) is 16.6. The van der Waals surface area contributed by atoms with E-state index < -0.39 is 11.9 Å². The molecule has 10 nitrogen and oxygen atoms in total. The molecule has 4 aromatic rings. The molecule has 0 unspecified atom stereocenters. The Labute approximate surface area is 353 Å². The molecule has 59 heavy (non-hydrogen) atoms. The fraction of sp³-hybridized carbons (Fsp3) is 0.479. The Bertz CT molecular complexity index is 2050. The molecule has 0 radical (unpaired) electrons. The van der Waals surface area contributed by atoms with Crippen molar-refractivity contribution >= 4 is 50.3 Å².